The summed E-state index contributed by atoms with van der Waals surface area (Å²) in [5.41, 5.74) is 7.11. The number of nitrogens with zero attached hydrogens (tertiary/aromatic N) is 3. The maximum Gasteiger partial charge on any atom is 0.246 e. The van der Waals surface area contributed by atoms with Crippen LogP contribution >= 0.6 is 0 Å². The summed E-state index contributed by atoms with van der Waals surface area (Å²) in [6.45, 7) is 4.37. The summed E-state index contributed by atoms with van der Waals surface area (Å²) >= 11 is 0. The second kappa shape index (κ2) is 5.59. The number of pyridine rings is 1. The van der Waals surface area contributed by atoms with E-state index in [1.54, 1.807) is 6.07 Å². The van der Waals surface area contributed by atoms with Crippen molar-refractivity contribution in [1.29, 1.82) is 0 Å². The second-order valence-electron chi connectivity index (χ2n) is 4.33. The molecule has 0 aromatic carbocycles. The largest absolute Gasteiger partial charge is 0.381 e. The minimum atomic E-state index is -3.69. The fourth-order valence-electron chi connectivity index (χ4n) is 1.73. The molecule has 0 atom stereocenters. The van der Waals surface area contributed by atoms with Crippen LogP contribution in [0.15, 0.2) is 29.3 Å². The van der Waals surface area contributed by atoms with Crippen molar-refractivity contribution in [3.05, 3.63) is 35.8 Å². The monoisotopic (exact) mass is 295 g/mol. The minimum absolute atomic E-state index is 0.00319. The maximum atomic E-state index is 12.2. The van der Waals surface area contributed by atoms with Crippen LogP contribution in [-0.4, -0.2) is 23.2 Å². The minimum Gasteiger partial charge on any atom is -0.381 e. The van der Waals surface area contributed by atoms with Crippen molar-refractivity contribution in [2.75, 3.05) is 5.73 Å². The highest BCUT2D eigenvalue weighted by atomic mass is 32.2. The normalized spacial score (nSPS) is 11.7. The van der Waals surface area contributed by atoms with Gasteiger partial charge in [-0.2, -0.15) is 5.10 Å². The highest BCUT2D eigenvalue weighted by Gasteiger charge is 2.20. The molecule has 0 saturated carbocycles. The summed E-state index contributed by atoms with van der Waals surface area (Å²) in [5, 5.41) is 3.92. The molecule has 0 aliphatic heterocycles. The van der Waals surface area contributed by atoms with Crippen LogP contribution in [0.3, 0.4) is 0 Å². The molecule has 0 unspecified atom stereocenters. The average Bonchev–Trinajstić information content (AvgIpc) is 2.79. The van der Waals surface area contributed by atoms with E-state index in [0.29, 0.717) is 12.2 Å². The molecule has 0 amide bonds. The first-order valence-corrected chi connectivity index (χ1v) is 7.66. The van der Waals surface area contributed by atoms with Gasteiger partial charge in [-0.1, -0.05) is 6.07 Å². The van der Waals surface area contributed by atoms with E-state index >= 15 is 0 Å². The summed E-state index contributed by atoms with van der Waals surface area (Å²) in [6.07, 6.45) is 1.42. The Morgan fingerprint density at radius 1 is 1.40 bits per heavy atom. The van der Waals surface area contributed by atoms with Crippen LogP contribution in [0.4, 0.5) is 5.82 Å². The Morgan fingerprint density at radius 2 is 2.15 bits per heavy atom. The molecule has 20 heavy (non-hydrogen) atoms. The van der Waals surface area contributed by atoms with Gasteiger partial charge in [0, 0.05) is 18.4 Å². The number of sulfonamides is 1. The van der Waals surface area contributed by atoms with E-state index < -0.39 is 10.0 Å². The molecular formula is C12H17N5O2S. The van der Waals surface area contributed by atoms with E-state index in [0.717, 1.165) is 5.69 Å². The lowest BCUT2D eigenvalue weighted by Gasteiger charge is -2.05. The third-order valence-electron chi connectivity index (χ3n) is 2.76. The molecule has 108 valence electrons. The molecule has 8 heteroatoms. The lowest BCUT2D eigenvalue weighted by molar-refractivity contribution is 0.580. The Kier molecular flexibility index (Phi) is 4.05. The summed E-state index contributed by atoms with van der Waals surface area (Å²) in [7, 11) is -3.69. The van der Waals surface area contributed by atoms with Crippen LogP contribution in [0.5, 0.6) is 0 Å². The Morgan fingerprint density at radius 3 is 2.75 bits per heavy atom. The molecule has 0 aliphatic rings. The summed E-state index contributed by atoms with van der Waals surface area (Å²) < 4.78 is 28.3. The van der Waals surface area contributed by atoms with E-state index in [2.05, 4.69) is 14.8 Å². The number of nitrogens with one attached hydrogen (secondary N) is 1. The van der Waals surface area contributed by atoms with Crippen molar-refractivity contribution in [1.82, 2.24) is 19.5 Å². The zero-order valence-corrected chi connectivity index (χ0v) is 12.2. The van der Waals surface area contributed by atoms with E-state index in [1.165, 1.54) is 10.9 Å². The zero-order valence-electron chi connectivity index (χ0n) is 11.4. The van der Waals surface area contributed by atoms with Crippen LogP contribution in [0.2, 0.25) is 0 Å². The van der Waals surface area contributed by atoms with Crippen molar-refractivity contribution >= 4 is 15.8 Å². The van der Waals surface area contributed by atoms with Crippen LogP contribution < -0.4 is 10.5 Å². The number of hydrogen-bond acceptors (Lipinski definition) is 5. The number of nitrogens with two attached hydrogens (primary N) is 1. The summed E-state index contributed by atoms with van der Waals surface area (Å²) in [5.74, 6) is -0.00319. The van der Waals surface area contributed by atoms with Gasteiger partial charge in [0.05, 0.1) is 12.2 Å². The molecule has 2 aromatic heterocycles. The van der Waals surface area contributed by atoms with Crippen LogP contribution in [-0.2, 0) is 23.1 Å². The van der Waals surface area contributed by atoms with E-state index in [9.17, 15) is 8.42 Å². The number of anilines is 1. The Bertz CT molecular complexity index is 708. The fraction of sp³-hybridized carbons (Fsp3) is 0.333. The molecule has 0 aliphatic carbocycles. The smallest absolute Gasteiger partial charge is 0.246 e. The first-order valence-electron chi connectivity index (χ1n) is 6.17. The number of aryl methyl sites for hydroxylation is 2. The first kappa shape index (κ1) is 14.5. The van der Waals surface area contributed by atoms with E-state index in [4.69, 9.17) is 5.73 Å². The summed E-state index contributed by atoms with van der Waals surface area (Å²) in [4.78, 5) is 4.23. The third-order valence-corrected chi connectivity index (χ3v) is 4.18. The highest BCUT2D eigenvalue weighted by molar-refractivity contribution is 7.89. The van der Waals surface area contributed by atoms with Crippen LogP contribution in [0.1, 0.15) is 18.3 Å². The molecule has 2 heterocycles. The SMILES string of the molecule is CCn1cc(S(=O)(=O)NCc2cccc(C)n2)c(N)n1. The molecule has 0 bridgehead atoms. The van der Waals surface area contributed by atoms with Gasteiger partial charge in [-0.05, 0) is 26.0 Å². The van der Waals surface area contributed by atoms with Gasteiger partial charge in [0.25, 0.3) is 0 Å². The van der Waals surface area contributed by atoms with Gasteiger partial charge < -0.3 is 5.73 Å². The Balaban J connectivity index is 2.17. The lowest BCUT2D eigenvalue weighted by atomic mass is 10.3. The predicted octanol–water partition coefficient (Wildman–Crippen LogP) is 0.667. The Hall–Kier alpha value is -1.93. The van der Waals surface area contributed by atoms with E-state index in [-0.39, 0.29) is 17.3 Å². The molecular weight excluding hydrogens is 278 g/mol. The van der Waals surface area contributed by atoms with Crippen molar-refractivity contribution in [2.24, 2.45) is 0 Å². The average molecular weight is 295 g/mol. The summed E-state index contributed by atoms with van der Waals surface area (Å²) in [6, 6.07) is 5.44. The lowest BCUT2D eigenvalue weighted by Crippen LogP contribution is -2.24. The quantitative estimate of drug-likeness (QED) is 0.843. The second-order valence-corrected chi connectivity index (χ2v) is 6.06. The van der Waals surface area contributed by atoms with Gasteiger partial charge in [-0.3, -0.25) is 9.67 Å². The standard InChI is InChI=1S/C12H17N5O2S/c1-3-17-8-11(12(13)16-17)20(18,19)14-7-10-6-4-5-9(2)15-10/h4-6,8,14H,3,7H2,1-2H3,(H2,13,16). The van der Waals surface area contributed by atoms with Gasteiger partial charge >= 0.3 is 0 Å². The van der Waals surface area contributed by atoms with Gasteiger partial charge in [-0.15, -0.1) is 0 Å². The molecule has 0 fully saturated rings. The predicted molar refractivity (Wildman–Crippen MR) is 75.3 cm³/mol. The van der Waals surface area contributed by atoms with Gasteiger partial charge in [-0.25, -0.2) is 13.1 Å². The van der Waals surface area contributed by atoms with Crippen molar-refractivity contribution in [2.45, 2.75) is 31.8 Å². The Labute approximate surface area is 117 Å². The number of aromatic nitrogens is 3. The molecule has 0 spiro atoms. The molecule has 2 rings (SSSR count). The van der Waals surface area contributed by atoms with Crippen LogP contribution in [0.25, 0.3) is 0 Å². The van der Waals surface area contributed by atoms with Gasteiger partial charge in [0.15, 0.2) is 5.82 Å². The van der Waals surface area contributed by atoms with Crippen molar-refractivity contribution < 1.29 is 8.42 Å². The molecule has 7 nitrogen and oxygen atoms in total. The van der Waals surface area contributed by atoms with Gasteiger partial charge in [0.1, 0.15) is 4.90 Å². The topological polar surface area (TPSA) is 103 Å². The number of nitrogen functional groups attached to an aromatic ring is 1. The van der Waals surface area contributed by atoms with Crippen molar-refractivity contribution in [3.8, 4) is 0 Å². The molecule has 2 aromatic rings. The fourth-order valence-corrected chi connectivity index (χ4v) is 2.80. The van der Waals surface area contributed by atoms with Crippen molar-refractivity contribution in [3.63, 3.8) is 0 Å². The van der Waals surface area contributed by atoms with E-state index in [1.807, 2.05) is 26.0 Å². The number of hydrogen-bond donors (Lipinski definition) is 2. The molecule has 0 radical (unpaired) electrons. The molecule has 3 N–H and O–H groups in total. The van der Waals surface area contributed by atoms with Gasteiger partial charge in [0.2, 0.25) is 10.0 Å². The highest BCUT2D eigenvalue weighted by Crippen LogP contribution is 2.16. The maximum absolute atomic E-state index is 12.2. The first-order chi connectivity index (χ1) is 9.42. The molecule has 0 saturated heterocycles. The van der Waals surface area contributed by atoms with Crippen LogP contribution in [0, 0.1) is 6.92 Å². The third kappa shape index (κ3) is 3.14. The number of rotatable bonds is 5. The zero-order chi connectivity index (χ0) is 14.8.